The molecule has 2 heterocycles. The van der Waals surface area contributed by atoms with Gasteiger partial charge in [0.15, 0.2) is 0 Å². The maximum Gasteiger partial charge on any atom is 0.0775 e. The summed E-state index contributed by atoms with van der Waals surface area (Å²) in [5.74, 6) is 0. The molecule has 0 aromatic carbocycles. The van der Waals surface area contributed by atoms with E-state index in [1.165, 1.54) is 0 Å². The van der Waals surface area contributed by atoms with Crippen LogP contribution >= 0.6 is 31.9 Å². The highest BCUT2D eigenvalue weighted by Gasteiger charge is 2.34. The Bertz CT molecular complexity index is 293. The quantitative estimate of drug-likeness (QED) is 0.815. The largest absolute Gasteiger partial charge is 0.260 e. The lowest BCUT2D eigenvalue weighted by Gasteiger charge is -2.14. The molecule has 0 aliphatic carbocycles. The molecule has 76 valence electrons. The first-order chi connectivity index (χ1) is 6.83. The van der Waals surface area contributed by atoms with Crippen LogP contribution in [0.25, 0.3) is 0 Å². The van der Waals surface area contributed by atoms with Gasteiger partial charge in [-0.05, 0) is 12.1 Å². The fourth-order valence-corrected chi connectivity index (χ4v) is 3.30. The zero-order valence-corrected chi connectivity index (χ0v) is 10.6. The third-order valence-corrected chi connectivity index (χ3v) is 4.16. The molecule has 2 rings (SSSR count). The van der Waals surface area contributed by atoms with Crippen molar-refractivity contribution >= 4 is 31.9 Å². The van der Waals surface area contributed by atoms with E-state index in [0.29, 0.717) is 10.9 Å². The van der Waals surface area contributed by atoms with E-state index in [2.05, 4.69) is 47.7 Å². The molecule has 1 saturated heterocycles. The Labute approximate surface area is 99.9 Å². The first kappa shape index (κ1) is 10.5. The fourth-order valence-electron chi connectivity index (χ4n) is 1.51. The van der Waals surface area contributed by atoms with E-state index >= 15 is 0 Å². The van der Waals surface area contributed by atoms with Gasteiger partial charge in [0.25, 0.3) is 0 Å². The molecular weight excluding hydrogens is 310 g/mol. The van der Waals surface area contributed by atoms with Crippen molar-refractivity contribution in [1.29, 1.82) is 0 Å². The van der Waals surface area contributed by atoms with Crippen molar-refractivity contribution in [3.63, 3.8) is 0 Å². The molecule has 0 spiro atoms. The zero-order chi connectivity index (χ0) is 9.97. The summed E-state index contributed by atoms with van der Waals surface area (Å²) in [4.78, 5) is 4.69. The van der Waals surface area contributed by atoms with Crippen LogP contribution in [0.2, 0.25) is 0 Å². The smallest absolute Gasteiger partial charge is 0.0775 e. The van der Waals surface area contributed by atoms with Crippen LogP contribution in [0.15, 0.2) is 24.4 Å². The Morgan fingerprint density at radius 2 is 2.21 bits per heavy atom. The van der Waals surface area contributed by atoms with Gasteiger partial charge in [-0.15, -0.1) is 0 Å². The summed E-state index contributed by atoms with van der Waals surface area (Å²) in [6.07, 6.45) is 1.82. The van der Waals surface area contributed by atoms with E-state index in [9.17, 15) is 0 Å². The van der Waals surface area contributed by atoms with Crippen LogP contribution < -0.4 is 10.9 Å². The van der Waals surface area contributed by atoms with Crippen LogP contribution in [-0.2, 0) is 0 Å². The van der Waals surface area contributed by atoms with E-state index in [1.54, 1.807) is 0 Å². The monoisotopic (exact) mass is 319 g/mol. The first-order valence-corrected chi connectivity index (χ1v) is 6.48. The third kappa shape index (κ3) is 2.00. The van der Waals surface area contributed by atoms with Crippen molar-refractivity contribution in [1.82, 2.24) is 15.8 Å². The number of hydrazine groups is 1. The number of rotatable bonds is 2. The Morgan fingerprint density at radius 1 is 1.36 bits per heavy atom. The van der Waals surface area contributed by atoms with Gasteiger partial charge in [-0.1, -0.05) is 37.9 Å². The van der Waals surface area contributed by atoms with Crippen LogP contribution in [0, 0.1) is 0 Å². The van der Waals surface area contributed by atoms with Crippen LogP contribution in [0.4, 0.5) is 0 Å². The normalized spacial score (nSPS) is 32.0. The molecule has 1 aliphatic rings. The molecule has 5 heteroatoms. The Kier molecular flexibility index (Phi) is 3.54. The average molecular weight is 321 g/mol. The summed E-state index contributed by atoms with van der Waals surface area (Å²) in [7, 11) is 0. The van der Waals surface area contributed by atoms with Crippen molar-refractivity contribution in [2.75, 3.05) is 5.33 Å². The molecule has 2 N–H and O–H groups in total. The topological polar surface area (TPSA) is 37.0 Å². The Hall–Kier alpha value is 0.0300. The van der Waals surface area contributed by atoms with E-state index in [0.717, 1.165) is 11.0 Å². The molecule has 1 fully saturated rings. The second-order valence-electron chi connectivity index (χ2n) is 3.23. The summed E-state index contributed by atoms with van der Waals surface area (Å²) < 4.78 is 0. The molecule has 3 unspecified atom stereocenters. The molecular formula is C9H11Br2N3. The lowest BCUT2D eigenvalue weighted by molar-refractivity contribution is 0.556. The molecule has 3 nitrogen and oxygen atoms in total. The molecule has 0 saturated carbocycles. The summed E-state index contributed by atoms with van der Waals surface area (Å²) >= 11 is 7.14. The van der Waals surface area contributed by atoms with Crippen molar-refractivity contribution in [2.45, 2.75) is 16.9 Å². The van der Waals surface area contributed by atoms with Crippen molar-refractivity contribution in [3.8, 4) is 0 Å². The average Bonchev–Trinajstić information content (AvgIpc) is 2.61. The number of halogens is 2. The van der Waals surface area contributed by atoms with Crippen molar-refractivity contribution in [3.05, 3.63) is 30.1 Å². The highest BCUT2D eigenvalue weighted by molar-refractivity contribution is 9.10. The van der Waals surface area contributed by atoms with Gasteiger partial charge in [-0.25, -0.2) is 5.43 Å². The van der Waals surface area contributed by atoms with Crippen LogP contribution in [0.1, 0.15) is 11.7 Å². The molecule has 0 radical (unpaired) electrons. The highest BCUT2D eigenvalue weighted by atomic mass is 79.9. The standard InChI is InChI=1S/C9H11Br2N3/c10-5-7-8(11)9(14-13-7)6-3-1-2-4-12-6/h1-4,7-9,13-14H,5H2. The molecule has 1 aliphatic heterocycles. The van der Waals surface area contributed by atoms with Gasteiger partial charge in [0, 0.05) is 17.6 Å². The van der Waals surface area contributed by atoms with Gasteiger partial charge in [0.2, 0.25) is 0 Å². The predicted octanol–water partition coefficient (Wildman–Crippen LogP) is 1.76. The molecule has 1 aromatic rings. The Balaban J connectivity index is 2.14. The van der Waals surface area contributed by atoms with Crippen LogP contribution in [0.3, 0.4) is 0 Å². The fraction of sp³-hybridized carbons (Fsp3) is 0.444. The molecule has 14 heavy (non-hydrogen) atoms. The summed E-state index contributed by atoms with van der Waals surface area (Å²) in [6.45, 7) is 0. The van der Waals surface area contributed by atoms with Gasteiger partial charge < -0.3 is 0 Å². The van der Waals surface area contributed by atoms with Gasteiger partial charge in [0.1, 0.15) is 0 Å². The van der Waals surface area contributed by atoms with Crippen LogP contribution in [-0.4, -0.2) is 21.2 Å². The SMILES string of the molecule is BrCC1NNC(c2ccccn2)C1Br. The van der Waals surface area contributed by atoms with E-state index < -0.39 is 0 Å². The minimum atomic E-state index is 0.235. The number of nitrogens with one attached hydrogen (secondary N) is 2. The van der Waals surface area contributed by atoms with Crippen molar-refractivity contribution in [2.24, 2.45) is 0 Å². The second-order valence-corrected chi connectivity index (χ2v) is 4.93. The van der Waals surface area contributed by atoms with Gasteiger partial charge in [0.05, 0.1) is 16.6 Å². The van der Waals surface area contributed by atoms with Crippen LogP contribution in [0.5, 0.6) is 0 Å². The number of alkyl halides is 2. The minimum absolute atomic E-state index is 0.235. The zero-order valence-electron chi connectivity index (χ0n) is 7.45. The maximum absolute atomic E-state index is 4.33. The summed E-state index contributed by atoms with van der Waals surface area (Å²) in [5.41, 5.74) is 7.52. The minimum Gasteiger partial charge on any atom is -0.260 e. The van der Waals surface area contributed by atoms with Crippen molar-refractivity contribution < 1.29 is 0 Å². The summed E-state index contributed by atoms with van der Waals surface area (Å²) in [6, 6.07) is 6.59. The molecule has 0 bridgehead atoms. The number of hydrogen-bond donors (Lipinski definition) is 2. The number of nitrogens with zero attached hydrogens (tertiary/aromatic N) is 1. The van der Waals surface area contributed by atoms with Gasteiger partial charge in [-0.2, -0.15) is 0 Å². The van der Waals surface area contributed by atoms with Gasteiger partial charge >= 0.3 is 0 Å². The first-order valence-electron chi connectivity index (χ1n) is 4.45. The molecule has 3 atom stereocenters. The lowest BCUT2D eigenvalue weighted by atomic mass is 10.1. The number of hydrogen-bond acceptors (Lipinski definition) is 3. The molecule has 1 aromatic heterocycles. The van der Waals surface area contributed by atoms with Gasteiger partial charge in [-0.3, -0.25) is 10.4 Å². The number of aromatic nitrogens is 1. The number of pyridine rings is 1. The highest BCUT2D eigenvalue weighted by Crippen LogP contribution is 2.27. The summed E-state index contributed by atoms with van der Waals surface area (Å²) in [5, 5.41) is 0.916. The third-order valence-electron chi connectivity index (χ3n) is 2.30. The maximum atomic E-state index is 4.33. The lowest BCUT2D eigenvalue weighted by Crippen LogP contribution is -2.33. The second kappa shape index (κ2) is 4.70. The van der Waals surface area contributed by atoms with E-state index in [1.807, 2.05) is 24.4 Å². The van der Waals surface area contributed by atoms with E-state index in [-0.39, 0.29) is 6.04 Å². The van der Waals surface area contributed by atoms with E-state index in [4.69, 9.17) is 0 Å². The Morgan fingerprint density at radius 3 is 2.79 bits per heavy atom. The predicted molar refractivity (Wildman–Crippen MR) is 63.5 cm³/mol. The molecule has 0 amide bonds.